The summed E-state index contributed by atoms with van der Waals surface area (Å²) >= 11 is 0. The Bertz CT molecular complexity index is 540. The standard InChI is InChI=1S/C14H17N3O/c1-10-9-11(3-4-13(10)18-2)12-6-8-16-14(17-12)5-7-15/h3-4,6,8-9H,5,7,15H2,1-2H3. The van der Waals surface area contributed by atoms with Crippen molar-refractivity contribution >= 4 is 0 Å². The van der Waals surface area contributed by atoms with Crippen molar-refractivity contribution in [3.8, 4) is 17.0 Å². The van der Waals surface area contributed by atoms with Crippen molar-refractivity contribution in [2.75, 3.05) is 13.7 Å². The summed E-state index contributed by atoms with van der Waals surface area (Å²) in [7, 11) is 1.67. The smallest absolute Gasteiger partial charge is 0.130 e. The highest BCUT2D eigenvalue weighted by atomic mass is 16.5. The van der Waals surface area contributed by atoms with Gasteiger partial charge >= 0.3 is 0 Å². The molecule has 0 bridgehead atoms. The molecule has 2 N–H and O–H groups in total. The van der Waals surface area contributed by atoms with E-state index < -0.39 is 0 Å². The first kappa shape index (κ1) is 12.5. The van der Waals surface area contributed by atoms with Crippen LogP contribution in [-0.2, 0) is 6.42 Å². The highest BCUT2D eigenvalue weighted by Crippen LogP contribution is 2.24. The molecule has 0 saturated heterocycles. The van der Waals surface area contributed by atoms with Crippen LogP contribution in [0.5, 0.6) is 5.75 Å². The summed E-state index contributed by atoms with van der Waals surface area (Å²) in [6.07, 6.45) is 2.47. The molecule has 18 heavy (non-hydrogen) atoms. The zero-order chi connectivity index (χ0) is 13.0. The van der Waals surface area contributed by atoms with Crippen LogP contribution in [0.15, 0.2) is 30.5 Å². The van der Waals surface area contributed by atoms with Crippen molar-refractivity contribution < 1.29 is 4.74 Å². The Labute approximate surface area is 107 Å². The van der Waals surface area contributed by atoms with Crippen molar-refractivity contribution in [3.63, 3.8) is 0 Å². The van der Waals surface area contributed by atoms with Gasteiger partial charge in [-0.05, 0) is 43.3 Å². The fourth-order valence-corrected chi connectivity index (χ4v) is 1.85. The van der Waals surface area contributed by atoms with Crippen LogP contribution in [0.25, 0.3) is 11.3 Å². The Morgan fingerprint density at radius 2 is 2.11 bits per heavy atom. The van der Waals surface area contributed by atoms with Crippen molar-refractivity contribution in [2.45, 2.75) is 13.3 Å². The van der Waals surface area contributed by atoms with Crippen molar-refractivity contribution in [1.82, 2.24) is 9.97 Å². The monoisotopic (exact) mass is 243 g/mol. The van der Waals surface area contributed by atoms with Gasteiger partial charge in [0.15, 0.2) is 0 Å². The summed E-state index contributed by atoms with van der Waals surface area (Å²) in [6, 6.07) is 7.92. The van der Waals surface area contributed by atoms with E-state index in [1.165, 1.54) is 0 Å². The third-order valence-electron chi connectivity index (χ3n) is 2.76. The van der Waals surface area contributed by atoms with Crippen molar-refractivity contribution in [1.29, 1.82) is 0 Å². The van der Waals surface area contributed by atoms with Crippen LogP contribution in [0.3, 0.4) is 0 Å². The lowest BCUT2D eigenvalue weighted by molar-refractivity contribution is 0.412. The lowest BCUT2D eigenvalue weighted by Gasteiger charge is -2.07. The molecule has 0 fully saturated rings. The lowest BCUT2D eigenvalue weighted by Crippen LogP contribution is -2.06. The van der Waals surface area contributed by atoms with E-state index in [-0.39, 0.29) is 0 Å². The third kappa shape index (κ3) is 2.65. The lowest BCUT2D eigenvalue weighted by atomic mass is 10.1. The van der Waals surface area contributed by atoms with E-state index in [4.69, 9.17) is 10.5 Å². The first-order valence-electron chi connectivity index (χ1n) is 5.91. The maximum absolute atomic E-state index is 5.51. The minimum Gasteiger partial charge on any atom is -0.496 e. The molecule has 0 unspecified atom stereocenters. The van der Waals surface area contributed by atoms with Crippen LogP contribution in [0.1, 0.15) is 11.4 Å². The molecule has 1 aromatic carbocycles. The van der Waals surface area contributed by atoms with Gasteiger partial charge in [0.2, 0.25) is 0 Å². The van der Waals surface area contributed by atoms with Crippen molar-refractivity contribution in [2.24, 2.45) is 5.73 Å². The predicted octanol–water partition coefficient (Wildman–Crippen LogP) is 1.96. The molecule has 0 aliphatic rings. The Morgan fingerprint density at radius 1 is 1.28 bits per heavy atom. The zero-order valence-electron chi connectivity index (χ0n) is 10.7. The fraction of sp³-hybridized carbons (Fsp3) is 0.286. The predicted molar refractivity (Wildman–Crippen MR) is 71.5 cm³/mol. The number of ether oxygens (including phenoxy) is 1. The van der Waals surface area contributed by atoms with Crippen LogP contribution in [0.4, 0.5) is 0 Å². The van der Waals surface area contributed by atoms with Gasteiger partial charge in [0.1, 0.15) is 11.6 Å². The number of nitrogens with two attached hydrogens (primary N) is 1. The van der Waals surface area contributed by atoms with E-state index in [1.54, 1.807) is 13.3 Å². The van der Waals surface area contributed by atoms with Crippen LogP contribution in [-0.4, -0.2) is 23.6 Å². The molecule has 0 aliphatic carbocycles. The van der Waals surface area contributed by atoms with Crippen molar-refractivity contribution in [3.05, 3.63) is 41.9 Å². The average molecular weight is 243 g/mol. The first-order chi connectivity index (χ1) is 8.74. The summed E-state index contributed by atoms with van der Waals surface area (Å²) in [5, 5.41) is 0. The molecule has 1 heterocycles. The second-order valence-corrected chi connectivity index (χ2v) is 4.08. The Morgan fingerprint density at radius 3 is 2.78 bits per heavy atom. The van der Waals surface area contributed by atoms with Gasteiger partial charge in [0.05, 0.1) is 12.8 Å². The largest absolute Gasteiger partial charge is 0.496 e. The van der Waals surface area contributed by atoms with Crippen LogP contribution < -0.4 is 10.5 Å². The quantitative estimate of drug-likeness (QED) is 0.891. The van der Waals surface area contributed by atoms with E-state index in [9.17, 15) is 0 Å². The molecule has 0 spiro atoms. The van der Waals surface area contributed by atoms with E-state index in [0.717, 1.165) is 28.4 Å². The molecule has 94 valence electrons. The minimum absolute atomic E-state index is 0.561. The second kappa shape index (κ2) is 5.60. The van der Waals surface area contributed by atoms with Crippen LogP contribution in [0.2, 0.25) is 0 Å². The SMILES string of the molecule is COc1ccc(-c2ccnc(CCN)n2)cc1C. The van der Waals surface area contributed by atoms with E-state index >= 15 is 0 Å². The van der Waals surface area contributed by atoms with E-state index in [2.05, 4.69) is 16.0 Å². The average Bonchev–Trinajstić information content (AvgIpc) is 2.39. The number of aryl methyl sites for hydroxylation is 1. The Kier molecular flexibility index (Phi) is 3.89. The molecule has 0 amide bonds. The van der Waals surface area contributed by atoms with Crippen LogP contribution in [0, 0.1) is 6.92 Å². The highest BCUT2D eigenvalue weighted by Gasteiger charge is 2.04. The third-order valence-corrected chi connectivity index (χ3v) is 2.76. The molecule has 0 aliphatic heterocycles. The molecular weight excluding hydrogens is 226 g/mol. The number of rotatable bonds is 4. The molecule has 0 atom stereocenters. The Balaban J connectivity index is 2.36. The molecule has 1 aromatic heterocycles. The molecular formula is C14H17N3O. The summed E-state index contributed by atoms with van der Waals surface area (Å²) in [5.41, 5.74) is 8.59. The molecule has 2 rings (SSSR count). The van der Waals surface area contributed by atoms with Gasteiger partial charge in [0.25, 0.3) is 0 Å². The van der Waals surface area contributed by atoms with Gasteiger partial charge < -0.3 is 10.5 Å². The number of aromatic nitrogens is 2. The number of hydrogen-bond donors (Lipinski definition) is 1. The summed E-state index contributed by atoms with van der Waals surface area (Å²) in [4.78, 5) is 8.69. The fourth-order valence-electron chi connectivity index (χ4n) is 1.85. The van der Waals surface area contributed by atoms with Gasteiger partial charge in [-0.25, -0.2) is 9.97 Å². The van der Waals surface area contributed by atoms with Gasteiger partial charge in [-0.2, -0.15) is 0 Å². The number of nitrogens with zero attached hydrogens (tertiary/aromatic N) is 2. The van der Waals surface area contributed by atoms with Crippen LogP contribution >= 0.6 is 0 Å². The molecule has 4 heteroatoms. The number of methoxy groups -OCH3 is 1. The van der Waals surface area contributed by atoms with Gasteiger partial charge in [-0.15, -0.1) is 0 Å². The number of hydrogen-bond acceptors (Lipinski definition) is 4. The molecule has 2 aromatic rings. The molecule has 0 radical (unpaired) electrons. The highest BCUT2D eigenvalue weighted by molar-refractivity contribution is 5.61. The second-order valence-electron chi connectivity index (χ2n) is 4.08. The topological polar surface area (TPSA) is 61.0 Å². The van der Waals surface area contributed by atoms with E-state index in [1.807, 2.05) is 25.1 Å². The normalized spacial score (nSPS) is 10.4. The van der Waals surface area contributed by atoms with Gasteiger partial charge in [0, 0.05) is 18.2 Å². The Hall–Kier alpha value is -1.94. The zero-order valence-corrected chi connectivity index (χ0v) is 10.7. The van der Waals surface area contributed by atoms with Gasteiger partial charge in [-0.3, -0.25) is 0 Å². The first-order valence-corrected chi connectivity index (χ1v) is 5.91. The molecule has 0 saturated carbocycles. The van der Waals surface area contributed by atoms with Gasteiger partial charge in [-0.1, -0.05) is 0 Å². The summed E-state index contributed by atoms with van der Waals surface area (Å²) in [6.45, 7) is 2.58. The summed E-state index contributed by atoms with van der Waals surface area (Å²) < 4.78 is 5.25. The minimum atomic E-state index is 0.561. The van der Waals surface area contributed by atoms with E-state index in [0.29, 0.717) is 13.0 Å². The maximum atomic E-state index is 5.51. The summed E-state index contributed by atoms with van der Waals surface area (Å²) in [5.74, 6) is 1.67. The molecule has 4 nitrogen and oxygen atoms in total. The maximum Gasteiger partial charge on any atom is 0.130 e. The number of benzene rings is 1.